The molecular formula is C23H21N3O8S. The van der Waals surface area contributed by atoms with Crippen molar-refractivity contribution in [2.75, 3.05) is 13.7 Å². The normalized spacial score (nSPS) is 11.1. The Hall–Kier alpha value is -4.45. The SMILES string of the molecule is CCOc1cc(/C=N\NC(=O)c2ccc(OC)cc2)ccc1OS(=O)(=O)c1cccc([N+](=O)[O-])c1. The maximum absolute atomic E-state index is 12.7. The van der Waals surface area contributed by atoms with Crippen LogP contribution in [-0.4, -0.2) is 39.2 Å². The molecule has 0 fully saturated rings. The van der Waals surface area contributed by atoms with Gasteiger partial charge in [0.25, 0.3) is 11.6 Å². The zero-order chi connectivity index (χ0) is 25.4. The fraction of sp³-hybridized carbons (Fsp3) is 0.130. The first-order chi connectivity index (χ1) is 16.7. The van der Waals surface area contributed by atoms with Gasteiger partial charge in [0.05, 0.1) is 24.9 Å². The van der Waals surface area contributed by atoms with Gasteiger partial charge in [-0.25, -0.2) is 5.43 Å². The van der Waals surface area contributed by atoms with Gasteiger partial charge in [0.15, 0.2) is 11.5 Å². The summed E-state index contributed by atoms with van der Waals surface area (Å²) >= 11 is 0. The summed E-state index contributed by atoms with van der Waals surface area (Å²) in [6.45, 7) is 1.91. The Kier molecular flexibility index (Phi) is 8.00. The first kappa shape index (κ1) is 25.2. The lowest BCUT2D eigenvalue weighted by Gasteiger charge is -2.12. The second-order valence-electron chi connectivity index (χ2n) is 6.86. The number of methoxy groups -OCH3 is 1. The molecule has 1 amide bonds. The Labute approximate surface area is 201 Å². The molecule has 3 aromatic rings. The molecule has 0 saturated carbocycles. The molecular weight excluding hydrogens is 478 g/mol. The van der Waals surface area contributed by atoms with E-state index in [1.54, 1.807) is 31.2 Å². The lowest BCUT2D eigenvalue weighted by atomic mass is 10.2. The Morgan fingerprint density at radius 3 is 2.49 bits per heavy atom. The Morgan fingerprint density at radius 1 is 1.09 bits per heavy atom. The number of non-ortho nitro benzene ring substituents is 1. The van der Waals surface area contributed by atoms with Crippen molar-refractivity contribution in [3.05, 3.63) is 88.0 Å². The molecule has 182 valence electrons. The minimum Gasteiger partial charge on any atom is -0.497 e. The van der Waals surface area contributed by atoms with Gasteiger partial charge in [-0.15, -0.1) is 0 Å². The third-order valence-corrected chi connectivity index (χ3v) is 5.75. The van der Waals surface area contributed by atoms with Gasteiger partial charge in [-0.3, -0.25) is 14.9 Å². The van der Waals surface area contributed by atoms with E-state index in [4.69, 9.17) is 13.7 Å². The van der Waals surface area contributed by atoms with E-state index in [1.165, 1.54) is 49.7 Å². The first-order valence-corrected chi connectivity index (χ1v) is 11.6. The molecule has 35 heavy (non-hydrogen) atoms. The Balaban J connectivity index is 1.76. The smallest absolute Gasteiger partial charge is 0.339 e. The molecule has 0 radical (unpaired) electrons. The number of hydrazone groups is 1. The van der Waals surface area contributed by atoms with Crippen molar-refractivity contribution in [1.29, 1.82) is 0 Å². The molecule has 0 aliphatic carbocycles. The van der Waals surface area contributed by atoms with Crippen molar-refractivity contribution in [2.45, 2.75) is 11.8 Å². The number of ether oxygens (including phenoxy) is 2. The van der Waals surface area contributed by atoms with Crippen LogP contribution in [0.3, 0.4) is 0 Å². The van der Waals surface area contributed by atoms with E-state index in [2.05, 4.69) is 10.5 Å². The van der Waals surface area contributed by atoms with Gasteiger partial charge in [-0.1, -0.05) is 6.07 Å². The quantitative estimate of drug-likeness (QED) is 0.193. The van der Waals surface area contributed by atoms with Gasteiger partial charge in [-0.05, 0) is 61.0 Å². The van der Waals surface area contributed by atoms with Crippen molar-refractivity contribution in [3.8, 4) is 17.2 Å². The predicted octanol–water partition coefficient (Wildman–Crippen LogP) is 3.53. The van der Waals surface area contributed by atoms with Crippen LogP contribution >= 0.6 is 0 Å². The summed E-state index contributed by atoms with van der Waals surface area (Å²) in [7, 11) is -2.85. The largest absolute Gasteiger partial charge is 0.497 e. The van der Waals surface area contributed by atoms with E-state index >= 15 is 0 Å². The third-order valence-electron chi connectivity index (χ3n) is 4.52. The van der Waals surface area contributed by atoms with Crippen molar-refractivity contribution in [3.63, 3.8) is 0 Å². The molecule has 0 aliphatic heterocycles. The summed E-state index contributed by atoms with van der Waals surface area (Å²) < 4.78 is 41.0. The summed E-state index contributed by atoms with van der Waals surface area (Å²) in [6.07, 6.45) is 1.35. The zero-order valence-corrected chi connectivity index (χ0v) is 19.5. The van der Waals surface area contributed by atoms with Crippen molar-refractivity contribution in [2.24, 2.45) is 5.10 Å². The van der Waals surface area contributed by atoms with Gasteiger partial charge in [0, 0.05) is 17.7 Å². The average molecular weight is 500 g/mol. The fourth-order valence-corrected chi connectivity index (χ4v) is 3.81. The number of carbonyl (C=O) groups excluding carboxylic acids is 1. The third kappa shape index (κ3) is 6.54. The molecule has 0 aromatic heterocycles. The van der Waals surface area contributed by atoms with Crippen LogP contribution in [-0.2, 0) is 10.1 Å². The van der Waals surface area contributed by atoms with Gasteiger partial charge >= 0.3 is 10.1 Å². The van der Waals surface area contributed by atoms with E-state index in [0.717, 1.165) is 6.07 Å². The maximum Gasteiger partial charge on any atom is 0.339 e. The fourth-order valence-electron chi connectivity index (χ4n) is 2.83. The van der Waals surface area contributed by atoms with Crippen LogP contribution in [0.15, 0.2) is 76.7 Å². The van der Waals surface area contributed by atoms with E-state index in [9.17, 15) is 23.3 Å². The Morgan fingerprint density at radius 2 is 1.83 bits per heavy atom. The van der Waals surface area contributed by atoms with Gasteiger partial charge in [0.1, 0.15) is 10.6 Å². The number of benzene rings is 3. The summed E-state index contributed by atoms with van der Waals surface area (Å²) in [5, 5.41) is 14.9. The molecule has 3 rings (SSSR count). The van der Waals surface area contributed by atoms with Crippen molar-refractivity contribution in [1.82, 2.24) is 5.43 Å². The van der Waals surface area contributed by atoms with Gasteiger partial charge in [0.2, 0.25) is 0 Å². The highest BCUT2D eigenvalue weighted by Gasteiger charge is 2.22. The number of carbonyl (C=O) groups is 1. The van der Waals surface area contributed by atoms with Crippen molar-refractivity contribution < 1.29 is 31.8 Å². The molecule has 0 saturated heterocycles. The van der Waals surface area contributed by atoms with Crippen LogP contribution < -0.4 is 19.1 Å². The molecule has 3 aromatic carbocycles. The molecule has 0 bridgehead atoms. The van der Waals surface area contributed by atoms with Crippen LogP contribution in [0.25, 0.3) is 0 Å². The molecule has 12 heteroatoms. The highest BCUT2D eigenvalue weighted by atomic mass is 32.2. The number of hydrogen-bond acceptors (Lipinski definition) is 9. The van der Waals surface area contributed by atoms with E-state index < -0.39 is 20.9 Å². The highest BCUT2D eigenvalue weighted by molar-refractivity contribution is 7.87. The van der Waals surface area contributed by atoms with Gasteiger partial charge < -0.3 is 13.7 Å². The number of nitro groups is 1. The number of rotatable bonds is 10. The number of nitrogens with zero attached hydrogens (tertiary/aromatic N) is 2. The lowest BCUT2D eigenvalue weighted by Crippen LogP contribution is -2.17. The molecule has 0 atom stereocenters. The topological polar surface area (TPSA) is 146 Å². The minimum absolute atomic E-state index is 0.104. The number of nitro benzene ring substituents is 1. The molecule has 1 N–H and O–H groups in total. The highest BCUT2D eigenvalue weighted by Crippen LogP contribution is 2.31. The number of hydrogen-bond donors (Lipinski definition) is 1. The predicted molar refractivity (Wildman–Crippen MR) is 127 cm³/mol. The standard InChI is InChI=1S/C23H21N3O8S/c1-3-33-22-13-16(15-24-25-23(27)17-8-10-19(32-2)11-9-17)7-12-21(22)34-35(30,31)20-6-4-5-18(14-20)26(28)29/h4-15H,3H2,1-2H3,(H,25,27)/b24-15-. The van der Waals surface area contributed by atoms with Crippen LogP contribution in [0, 0.1) is 10.1 Å². The lowest BCUT2D eigenvalue weighted by molar-refractivity contribution is -0.385. The van der Waals surface area contributed by atoms with Crippen LogP contribution in [0.5, 0.6) is 17.2 Å². The second kappa shape index (κ2) is 11.1. The zero-order valence-electron chi connectivity index (χ0n) is 18.7. The molecule has 11 nitrogen and oxygen atoms in total. The summed E-state index contributed by atoms with van der Waals surface area (Å²) in [5.41, 5.74) is 2.88. The second-order valence-corrected chi connectivity index (χ2v) is 8.41. The molecule has 0 heterocycles. The van der Waals surface area contributed by atoms with E-state index in [1.807, 2.05) is 0 Å². The summed E-state index contributed by atoms with van der Waals surface area (Å²) in [4.78, 5) is 22.1. The maximum atomic E-state index is 12.7. The molecule has 0 unspecified atom stereocenters. The van der Waals surface area contributed by atoms with Crippen LogP contribution in [0.1, 0.15) is 22.8 Å². The number of nitrogens with one attached hydrogen (secondary N) is 1. The van der Waals surface area contributed by atoms with E-state index in [0.29, 0.717) is 16.9 Å². The van der Waals surface area contributed by atoms with Crippen molar-refractivity contribution >= 4 is 27.9 Å². The first-order valence-electron chi connectivity index (χ1n) is 10.2. The van der Waals surface area contributed by atoms with Crippen LogP contribution in [0.4, 0.5) is 5.69 Å². The van der Waals surface area contributed by atoms with E-state index in [-0.39, 0.29) is 28.7 Å². The monoisotopic (exact) mass is 499 g/mol. The Bertz CT molecular complexity index is 1360. The van der Waals surface area contributed by atoms with Gasteiger partial charge in [-0.2, -0.15) is 13.5 Å². The minimum atomic E-state index is -4.37. The molecule has 0 aliphatic rings. The molecule has 0 spiro atoms. The van der Waals surface area contributed by atoms with Crippen LogP contribution in [0.2, 0.25) is 0 Å². The number of amides is 1. The average Bonchev–Trinajstić information content (AvgIpc) is 2.85. The summed E-state index contributed by atoms with van der Waals surface area (Å²) in [5.74, 6) is 0.171. The summed E-state index contributed by atoms with van der Waals surface area (Å²) in [6, 6.07) is 15.3.